The van der Waals surface area contributed by atoms with Crippen LogP contribution in [0.15, 0.2) is 64.5 Å². The third kappa shape index (κ3) is 8.77. The van der Waals surface area contributed by atoms with Gasteiger partial charge in [0.25, 0.3) is 10.0 Å². The normalized spacial score (nSPS) is 13.0. The average molecular weight is 494 g/mol. The maximum absolute atomic E-state index is 13.1. The van der Waals surface area contributed by atoms with Crippen molar-refractivity contribution in [2.45, 2.75) is 36.2 Å². The number of rotatable bonds is 13. The van der Waals surface area contributed by atoms with Crippen LogP contribution in [0.5, 0.6) is 0 Å². The van der Waals surface area contributed by atoms with Gasteiger partial charge >= 0.3 is 0 Å². The molecule has 0 fully saturated rings. The Balaban J connectivity index is 2.12. The molecule has 34 heavy (non-hydrogen) atoms. The number of nitrogens with zero attached hydrogens (tertiary/aromatic N) is 1. The largest absolute Gasteiger partial charge is 0.370 e. The molecule has 0 bridgehead atoms. The lowest BCUT2D eigenvalue weighted by atomic mass is 10.0. The minimum Gasteiger partial charge on any atom is -0.370 e. The van der Waals surface area contributed by atoms with Gasteiger partial charge in [-0.05, 0) is 42.7 Å². The van der Waals surface area contributed by atoms with Crippen LogP contribution in [-0.2, 0) is 26.0 Å². The molecule has 0 aliphatic rings. The molecule has 0 radical (unpaired) electrons. The summed E-state index contributed by atoms with van der Waals surface area (Å²) >= 11 is 0. The number of nitrogens with two attached hydrogens (primary N) is 3. The number of carbonyl (C=O) groups excluding carboxylic acids is 2. The second-order valence-electron chi connectivity index (χ2n) is 7.36. The lowest BCUT2D eigenvalue weighted by molar-refractivity contribution is -0.128. The van der Waals surface area contributed by atoms with E-state index in [1.54, 1.807) is 24.3 Å². The van der Waals surface area contributed by atoms with Gasteiger partial charge in [0.15, 0.2) is 5.96 Å². The maximum atomic E-state index is 13.1. The summed E-state index contributed by atoms with van der Waals surface area (Å²) in [6.07, 6.45) is 0.594. The average Bonchev–Trinajstić information content (AvgIpc) is 2.78. The molecule has 0 saturated carbocycles. The topological polar surface area (TPSA) is 195 Å². The Morgan fingerprint density at radius 2 is 1.62 bits per heavy atom. The van der Waals surface area contributed by atoms with Crippen molar-refractivity contribution in [3.63, 3.8) is 0 Å². The first-order valence-corrected chi connectivity index (χ1v) is 11.8. The molecule has 2 aromatic carbocycles. The van der Waals surface area contributed by atoms with Gasteiger partial charge in [0, 0.05) is 13.0 Å². The molecular formula is C21H28FN7O4S. The molecular weight excluding hydrogens is 465 g/mol. The van der Waals surface area contributed by atoms with Gasteiger partial charge in [0.05, 0.1) is 4.90 Å². The van der Waals surface area contributed by atoms with Crippen LogP contribution < -0.4 is 32.8 Å². The van der Waals surface area contributed by atoms with E-state index < -0.39 is 39.7 Å². The molecule has 2 amide bonds. The number of carbonyl (C=O) groups is 2. The molecule has 0 aliphatic carbocycles. The zero-order valence-corrected chi connectivity index (χ0v) is 19.1. The summed E-state index contributed by atoms with van der Waals surface area (Å²) in [5.74, 6) is -2.13. The van der Waals surface area contributed by atoms with Gasteiger partial charge in [0.2, 0.25) is 11.8 Å². The van der Waals surface area contributed by atoms with Gasteiger partial charge in [-0.3, -0.25) is 14.6 Å². The lowest BCUT2D eigenvalue weighted by Gasteiger charge is -2.22. The Hall–Kier alpha value is -3.55. The first-order valence-electron chi connectivity index (χ1n) is 10.3. The molecule has 0 aliphatic heterocycles. The first-order chi connectivity index (χ1) is 16.1. The fraction of sp³-hybridized carbons (Fsp3) is 0.286. The first kappa shape index (κ1) is 26.7. The van der Waals surface area contributed by atoms with Crippen LogP contribution in [-0.4, -0.2) is 44.8 Å². The predicted octanol–water partition coefficient (Wildman–Crippen LogP) is -0.756. The molecule has 2 atom stereocenters. The van der Waals surface area contributed by atoms with Crippen LogP contribution >= 0.6 is 0 Å². The van der Waals surface area contributed by atoms with Crippen LogP contribution in [0, 0.1) is 5.82 Å². The molecule has 2 rings (SSSR count). The summed E-state index contributed by atoms with van der Waals surface area (Å²) < 4.78 is 38.1. The third-order valence-electron chi connectivity index (χ3n) is 4.70. The molecule has 13 heteroatoms. The standard InChI is InChI=1S/C21H28FN7O4S/c22-15-8-10-16(11-9-15)34(32,33)29-28-17(7-4-12-26-21(24)25)20(31)27-18(19(23)30)13-14-5-2-1-3-6-14/h1-3,5-6,8-11,17-18,28-29H,4,7,12-13H2,(H2,23,30)(H,27,31)(H4,24,25,26)/t17-,18-/m0/s1. The van der Waals surface area contributed by atoms with E-state index in [4.69, 9.17) is 17.2 Å². The highest BCUT2D eigenvalue weighted by atomic mass is 32.2. The number of hydrazine groups is 1. The van der Waals surface area contributed by atoms with E-state index in [2.05, 4.69) is 20.6 Å². The van der Waals surface area contributed by atoms with Gasteiger partial charge in [-0.25, -0.2) is 18.2 Å². The fourth-order valence-corrected chi connectivity index (χ4v) is 3.85. The van der Waals surface area contributed by atoms with Crippen LogP contribution in [0.2, 0.25) is 0 Å². The van der Waals surface area contributed by atoms with E-state index in [1.807, 2.05) is 6.07 Å². The number of amides is 2. The second-order valence-corrected chi connectivity index (χ2v) is 9.04. The van der Waals surface area contributed by atoms with E-state index in [-0.39, 0.29) is 30.2 Å². The van der Waals surface area contributed by atoms with Crippen LogP contribution in [0.4, 0.5) is 4.39 Å². The van der Waals surface area contributed by atoms with Crippen molar-refractivity contribution in [1.82, 2.24) is 15.6 Å². The Labute approximate surface area is 197 Å². The number of halogens is 1. The fourth-order valence-electron chi connectivity index (χ4n) is 2.94. The molecule has 0 heterocycles. The van der Waals surface area contributed by atoms with E-state index in [9.17, 15) is 22.4 Å². The van der Waals surface area contributed by atoms with Crippen molar-refractivity contribution in [1.29, 1.82) is 0 Å². The van der Waals surface area contributed by atoms with E-state index in [0.29, 0.717) is 6.42 Å². The molecule has 11 nitrogen and oxygen atoms in total. The summed E-state index contributed by atoms with van der Waals surface area (Å²) in [6, 6.07) is 11.0. The van der Waals surface area contributed by atoms with Crippen molar-refractivity contribution < 1.29 is 22.4 Å². The van der Waals surface area contributed by atoms with Crippen molar-refractivity contribution in [3.8, 4) is 0 Å². The van der Waals surface area contributed by atoms with Gasteiger partial charge in [-0.1, -0.05) is 30.3 Å². The van der Waals surface area contributed by atoms with Crippen molar-refractivity contribution in [2.75, 3.05) is 6.54 Å². The number of hydrogen-bond donors (Lipinski definition) is 6. The number of sulfonamides is 1. The zero-order chi connectivity index (χ0) is 25.1. The van der Waals surface area contributed by atoms with E-state index >= 15 is 0 Å². The quantitative estimate of drug-likeness (QED) is 0.0913. The van der Waals surface area contributed by atoms with E-state index in [0.717, 1.165) is 29.8 Å². The highest BCUT2D eigenvalue weighted by Crippen LogP contribution is 2.10. The van der Waals surface area contributed by atoms with Crippen molar-refractivity contribution >= 4 is 27.8 Å². The predicted molar refractivity (Wildman–Crippen MR) is 125 cm³/mol. The number of benzene rings is 2. The summed E-state index contributed by atoms with van der Waals surface area (Å²) in [6.45, 7) is 0.196. The van der Waals surface area contributed by atoms with Crippen LogP contribution in [0.1, 0.15) is 18.4 Å². The molecule has 0 unspecified atom stereocenters. The Morgan fingerprint density at radius 3 is 2.21 bits per heavy atom. The third-order valence-corrected chi connectivity index (χ3v) is 5.98. The summed E-state index contributed by atoms with van der Waals surface area (Å²) in [4.78, 5) is 30.6. The summed E-state index contributed by atoms with van der Waals surface area (Å²) in [5.41, 5.74) is 19.3. The van der Waals surface area contributed by atoms with Crippen molar-refractivity contribution in [2.24, 2.45) is 22.2 Å². The monoisotopic (exact) mass is 493 g/mol. The SMILES string of the molecule is NC(=O)[C@H](Cc1ccccc1)NC(=O)[C@H](CCCN=C(N)N)NNS(=O)(=O)c1ccc(F)cc1. The smallest absolute Gasteiger partial charge is 0.253 e. The molecule has 0 saturated heterocycles. The lowest BCUT2D eigenvalue weighted by Crippen LogP contribution is -2.56. The van der Waals surface area contributed by atoms with Crippen LogP contribution in [0.3, 0.4) is 0 Å². The van der Waals surface area contributed by atoms with Crippen molar-refractivity contribution in [3.05, 3.63) is 66.0 Å². The van der Waals surface area contributed by atoms with Gasteiger partial charge in [-0.15, -0.1) is 4.83 Å². The number of guanidine groups is 1. The summed E-state index contributed by atoms with van der Waals surface area (Å²) in [7, 11) is -4.11. The maximum Gasteiger partial charge on any atom is 0.253 e. The van der Waals surface area contributed by atoms with Gasteiger partial charge in [0.1, 0.15) is 17.9 Å². The zero-order valence-electron chi connectivity index (χ0n) is 18.3. The Kier molecular flexibility index (Phi) is 9.92. The summed E-state index contributed by atoms with van der Waals surface area (Å²) in [5, 5.41) is 2.55. The number of hydrogen-bond acceptors (Lipinski definition) is 6. The highest BCUT2D eigenvalue weighted by Gasteiger charge is 2.26. The Bertz CT molecular complexity index is 1090. The Morgan fingerprint density at radius 1 is 0.971 bits per heavy atom. The van der Waals surface area contributed by atoms with Crippen LogP contribution in [0.25, 0.3) is 0 Å². The number of nitrogens with one attached hydrogen (secondary N) is 3. The molecule has 2 aromatic rings. The molecule has 9 N–H and O–H groups in total. The minimum atomic E-state index is -4.11. The minimum absolute atomic E-state index is 0.116. The molecule has 0 aromatic heterocycles. The van der Waals surface area contributed by atoms with E-state index in [1.165, 1.54) is 0 Å². The number of aliphatic imine (C=N–C) groups is 1. The second kappa shape index (κ2) is 12.6. The molecule has 0 spiro atoms. The van der Waals surface area contributed by atoms with Gasteiger partial charge in [-0.2, -0.15) is 0 Å². The number of primary amides is 1. The highest BCUT2D eigenvalue weighted by molar-refractivity contribution is 7.89. The van der Waals surface area contributed by atoms with Gasteiger partial charge < -0.3 is 22.5 Å². The molecule has 184 valence electrons.